The van der Waals surface area contributed by atoms with E-state index in [1.165, 1.54) is 0 Å². The second kappa shape index (κ2) is 4.35. The molecule has 2 rings (SSSR count). The Hall–Kier alpha value is -1.19. The summed E-state index contributed by atoms with van der Waals surface area (Å²) in [4.78, 5) is 10.6. The Bertz CT molecular complexity index is 466. The molecular weight excluding hydrogens is 234 g/mol. The SMILES string of the molecule is O=C(O)c1ccc2ccccc2c1.[GaH3]. The summed E-state index contributed by atoms with van der Waals surface area (Å²) in [5.74, 6) is -0.884. The molecule has 0 spiro atoms. The van der Waals surface area contributed by atoms with Crippen molar-refractivity contribution in [1.82, 2.24) is 0 Å². The Morgan fingerprint density at radius 3 is 2.29 bits per heavy atom. The summed E-state index contributed by atoms with van der Waals surface area (Å²) in [6, 6.07) is 12.8. The average Bonchev–Trinajstić information content (AvgIpc) is 2.17. The van der Waals surface area contributed by atoms with E-state index in [2.05, 4.69) is 0 Å². The molecule has 0 saturated carbocycles. The van der Waals surface area contributed by atoms with Gasteiger partial charge in [0.05, 0.1) is 5.56 Å². The first-order valence-electron chi connectivity index (χ1n) is 3.99. The van der Waals surface area contributed by atoms with Crippen molar-refractivity contribution in [2.45, 2.75) is 0 Å². The van der Waals surface area contributed by atoms with Crippen LogP contribution >= 0.6 is 0 Å². The predicted octanol–water partition coefficient (Wildman–Crippen LogP) is 1.35. The minimum atomic E-state index is -0.884. The van der Waals surface area contributed by atoms with Crippen LogP contribution < -0.4 is 0 Å². The van der Waals surface area contributed by atoms with E-state index in [0.717, 1.165) is 10.8 Å². The molecule has 0 bridgehead atoms. The van der Waals surface area contributed by atoms with Crippen molar-refractivity contribution in [2.75, 3.05) is 0 Å². The van der Waals surface area contributed by atoms with Crippen molar-refractivity contribution < 1.29 is 9.90 Å². The summed E-state index contributed by atoms with van der Waals surface area (Å²) < 4.78 is 0. The van der Waals surface area contributed by atoms with Gasteiger partial charge < -0.3 is 5.11 Å². The van der Waals surface area contributed by atoms with Crippen molar-refractivity contribution in [2.24, 2.45) is 0 Å². The zero-order valence-electron chi connectivity index (χ0n) is 6.90. The molecule has 0 saturated heterocycles. The van der Waals surface area contributed by atoms with Gasteiger partial charge >= 0.3 is 25.8 Å². The van der Waals surface area contributed by atoms with E-state index in [4.69, 9.17) is 5.11 Å². The molecule has 0 radical (unpaired) electrons. The van der Waals surface area contributed by atoms with E-state index >= 15 is 0 Å². The molecule has 2 aromatic rings. The second-order valence-electron chi connectivity index (χ2n) is 2.87. The van der Waals surface area contributed by atoms with Gasteiger partial charge in [-0.15, -0.1) is 0 Å². The summed E-state index contributed by atoms with van der Waals surface area (Å²) in [7, 11) is 0. The number of carboxylic acids is 1. The van der Waals surface area contributed by atoms with Crippen molar-refractivity contribution in [3.63, 3.8) is 0 Å². The first kappa shape index (κ1) is 10.9. The van der Waals surface area contributed by atoms with Crippen molar-refractivity contribution >= 4 is 36.5 Å². The Morgan fingerprint density at radius 2 is 1.64 bits per heavy atom. The van der Waals surface area contributed by atoms with Gasteiger partial charge in [0.1, 0.15) is 0 Å². The summed E-state index contributed by atoms with van der Waals surface area (Å²) in [6.45, 7) is 0. The molecule has 0 aliphatic heterocycles. The number of hydrogen-bond donors (Lipinski definition) is 1. The van der Waals surface area contributed by atoms with E-state index in [1.807, 2.05) is 30.3 Å². The van der Waals surface area contributed by atoms with E-state index < -0.39 is 5.97 Å². The Labute approximate surface area is 94.6 Å². The molecule has 0 atom stereocenters. The number of fused-ring (bicyclic) bond motifs is 1. The molecular formula is C11H11GaO2. The van der Waals surface area contributed by atoms with Gasteiger partial charge in [0.25, 0.3) is 0 Å². The Kier molecular flexibility index (Phi) is 3.38. The first-order chi connectivity index (χ1) is 6.27. The third-order valence-electron chi connectivity index (χ3n) is 2.00. The van der Waals surface area contributed by atoms with Crippen LogP contribution in [-0.4, -0.2) is 30.9 Å². The summed E-state index contributed by atoms with van der Waals surface area (Å²) in [5, 5.41) is 10.8. The molecule has 0 fully saturated rings. The first-order valence-corrected chi connectivity index (χ1v) is 3.99. The topological polar surface area (TPSA) is 37.3 Å². The second-order valence-corrected chi connectivity index (χ2v) is 2.87. The number of aromatic carboxylic acids is 1. The van der Waals surface area contributed by atoms with Gasteiger partial charge in [-0.2, -0.15) is 0 Å². The molecule has 0 aliphatic rings. The van der Waals surface area contributed by atoms with Crippen molar-refractivity contribution in [3.05, 3.63) is 48.0 Å². The third-order valence-corrected chi connectivity index (χ3v) is 2.00. The van der Waals surface area contributed by atoms with Crippen molar-refractivity contribution in [3.8, 4) is 0 Å². The predicted molar refractivity (Wildman–Crippen MR) is 60.8 cm³/mol. The molecule has 1 N–H and O–H groups in total. The number of rotatable bonds is 1. The summed E-state index contributed by atoms with van der Waals surface area (Å²) in [6.07, 6.45) is 0. The van der Waals surface area contributed by atoms with Crippen LogP contribution in [0.15, 0.2) is 42.5 Å². The molecule has 70 valence electrons. The van der Waals surface area contributed by atoms with E-state index in [1.54, 1.807) is 12.1 Å². The molecule has 0 aliphatic carbocycles. The molecule has 2 nitrogen and oxygen atoms in total. The van der Waals surface area contributed by atoms with Crippen LogP contribution in [0.2, 0.25) is 0 Å². The Morgan fingerprint density at radius 1 is 1.00 bits per heavy atom. The van der Waals surface area contributed by atoms with Crippen LogP contribution in [0, 0.1) is 0 Å². The third kappa shape index (κ3) is 2.00. The van der Waals surface area contributed by atoms with Gasteiger partial charge in [-0.05, 0) is 22.9 Å². The van der Waals surface area contributed by atoms with E-state index in [-0.39, 0.29) is 19.8 Å². The molecule has 3 heteroatoms. The van der Waals surface area contributed by atoms with Gasteiger partial charge in [0.2, 0.25) is 0 Å². The fourth-order valence-corrected chi connectivity index (χ4v) is 1.32. The normalized spacial score (nSPS) is 9.43. The number of hydrogen-bond acceptors (Lipinski definition) is 1. The molecule has 0 unspecified atom stereocenters. The standard InChI is InChI=1S/C11H8O2.Ga.3H/c12-11(13)10-6-5-8-3-1-2-4-9(8)7-10;;;;/h1-7H,(H,12,13);;;;. The van der Waals surface area contributed by atoms with Crippen LogP contribution in [-0.2, 0) is 0 Å². The molecule has 0 amide bonds. The van der Waals surface area contributed by atoms with Crippen LogP contribution in [0.5, 0.6) is 0 Å². The van der Waals surface area contributed by atoms with Gasteiger partial charge in [-0.1, -0.05) is 30.3 Å². The number of carbonyl (C=O) groups is 1. The van der Waals surface area contributed by atoms with Crippen LogP contribution in [0.25, 0.3) is 10.8 Å². The van der Waals surface area contributed by atoms with Gasteiger partial charge in [-0.3, -0.25) is 0 Å². The maximum absolute atomic E-state index is 10.6. The Balaban J connectivity index is 0.000000980. The zero-order chi connectivity index (χ0) is 9.26. The fraction of sp³-hybridized carbons (Fsp3) is 0. The quantitative estimate of drug-likeness (QED) is 0.770. The zero-order valence-corrected chi connectivity index (χ0v) is 6.90. The van der Waals surface area contributed by atoms with Crippen molar-refractivity contribution in [1.29, 1.82) is 0 Å². The maximum atomic E-state index is 10.6. The van der Waals surface area contributed by atoms with Gasteiger partial charge in [0, 0.05) is 0 Å². The molecule has 14 heavy (non-hydrogen) atoms. The summed E-state index contributed by atoms with van der Waals surface area (Å²) >= 11 is 0. The summed E-state index contributed by atoms with van der Waals surface area (Å²) in [5.41, 5.74) is 0.332. The van der Waals surface area contributed by atoms with Crippen LogP contribution in [0.1, 0.15) is 10.4 Å². The number of benzene rings is 2. The number of carboxylic acid groups (broad SMARTS) is 1. The monoisotopic (exact) mass is 244 g/mol. The molecule has 0 aromatic heterocycles. The van der Waals surface area contributed by atoms with E-state index in [9.17, 15) is 4.79 Å². The molecule has 2 aromatic carbocycles. The van der Waals surface area contributed by atoms with E-state index in [0.29, 0.717) is 5.56 Å². The molecule has 0 heterocycles. The van der Waals surface area contributed by atoms with Crippen LogP contribution in [0.3, 0.4) is 0 Å². The minimum absolute atomic E-state index is 0. The van der Waals surface area contributed by atoms with Gasteiger partial charge in [0.15, 0.2) is 0 Å². The van der Waals surface area contributed by atoms with Crippen LogP contribution in [0.4, 0.5) is 0 Å². The fourth-order valence-electron chi connectivity index (χ4n) is 1.32. The van der Waals surface area contributed by atoms with Gasteiger partial charge in [-0.25, -0.2) is 4.79 Å². The average molecular weight is 245 g/mol.